The number of anilines is 1. The quantitative estimate of drug-likeness (QED) is 0.0240. The first-order valence-corrected chi connectivity index (χ1v) is 27.5. The molecule has 1 saturated heterocycles. The van der Waals surface area contributed by atoms with Gasteiger partial charge in [0.05, 0.1) is 13.2 Å². The molecule has 2 heterocycles. The summed E-state index contributed by atoms with van der Waals surface area (Å²) in [4.78, 5) is 66.3. The van der Waals surface area contributed by atoms with E-state index >= 15 is 0 Å². The van der Waals surface area contributed by atoms with E-state index in [4.69, 9.17) is 24.5 Å². The van der Waals surface area contributed by atoms with Crippen LogP contribution in [0.5, 0.6) is 0 Å². The van der Waals surface area contributed by atoms with Crippen LogP contribution in [-0.2, 0) is 46.3 Å². The first-order chi connectivity index (χ1) is 32.7. The lowest BCUT2D eigenvalue weighted by Gasteiger charge is -2.32. The molecule has 1 aromatic rings. The van der Waals surface area contributed by atoms with Gasteiger partial charge >= 0.3 is 17.6 Å². The zero-order valence-corrected chi connectivity index (χ0v) is 42.1. The molecule has 388 valence electrons. The third-order valence-corrected chi connectivity index (χ3v) is 13.4. The smallest absolute Gasteiger partial charge is 0.351 e. The summed E-state index contributed by atoms with van der Waals surface area (Å²) in [7, 11) is -11.5. The van der Waals surface area contributed by atoms with Gasteiger partial charge in [0.25, 0.3) is 15.6 Å². The van der Waals surface area contributed by atoms with E-state index in [1.165, 1.54) is 76.7 Å². The second-order valence-electron chi connectivity index (χ2n) is 16.9. The van der Waals surface area contributed by atoms with Gasteiger partial charge in [-0.2, -0.15) is 4.98 Å². The third kappa shape index (κ3) is 29.0. The van der Waals surface area contributed by atoms with Crippen molar-refractivity contribution >= 4 is 33.4 Å². The fraction of sp³-hybridized carbons (Fsp3) is 0.708. The molecule has 7 atom stereocenters. The summed E-state index contributed by atoms with van der Waals surface area (Å²) in [6, 6.07) is 1.23. The summed E-state index contributed by atoms with van der Waals surface area (Å²) in [5, 5.41) is 20.8. The van der Waals surface area contributed by atoms with Gasteiger partial charge in [-0.1, -0.05) is 152 Å². The van der Waals surface area contributed by atoms with Gasteiger partial charge < -0.3 is 49.0 Å². The summed E-state index contributed by atoms with van der Waals surface area (Å²) in [6.45, 7) is 1.84. The molecule has 1 aliphatic heterocycles. The molecule has 0 saturated carbocycles. The molecular formula is C48H79N3O15P2-2. The largest absolute Gasteiger partial charge is 0.756 e. The average molecular weight is 1000 g/mol. The van der Waals surface area contributed by atoms with E-state index in [-0.39, 0.29) is 18.7 Å². The first-order valence-electron chi connectivity index (χ1n) is 24.6. The number of hydrogen-bond acceptors (Lipinski definition) is 17. The minimum absolute atomic E-state index is 0.0509. The summed E-state index contributed by atoms with van der Waals surface area (Å²) in [6.07, 6.45) is 32.9. The highest BCUT2D eigenvalue weighted by Crippen LogP contribution is 2.56. The molecule has 20 heteroatoms. The van der Waals surface area contributed by atoms with Crippen molar-refractivity contribution in [3.8, 4) is 0 Å². The van der Waals surface area contributed by atoms with Gasteiger partial charge in [-0.25, -0.2) is 9.11 Å². The lowest BCUT2D eigenvalue weighted by Crippen LogP contribution is -2.36. The molecule has 0 amide bonds. The van der Waals surface area contributed by atoms with Gasteiger partial charge in [-0.05, 0) is 57.4 Å². The Morgan fingerprint density at radius 2 is 1.22 bits per heavy atom. The SMILES string of the molecule is CCCCC/C=C\C/C=C\C/C=C\C/C=C\CCCC(=O)O[C@H](COC(=O)CCCCCCCCCCCCCCC)COP(=O)([O-])OP(=O)([O-])OC[C@H]1O[C@@H](n2ccc(N)nc2=O)[C@H](O)[C@@H]1O. The number of esters is 2. The van der Waals surface area contributed by atoms with Gasteiger partial charge in [0.1, 0.15) is 30.7 Å². The van der Waals surface area contributed by atoms with Crippen LogP contribution in [-0.4, -0.2) is 75.9 Å². The van der Waals surface area contributed by atoms with E-state index in [1.54, 1.807) is 0 Å². The van der Waals surface area contributed by atoms with Crippen molar-refractivity contribution in [2.75, 3.05) is 25.6 Å². The number of aromatic nitrogens is 2. The molecule has 68 heavy (non-hydrogen) atoms. The number of nitrogens with zero attached hydrogens (tertiary/aromatic N) is 2. The molecule has 0 radical (unpaired) electrons. The van der Waals surface area contributed by atoms with Crippen molar-refractivity contribution in [2.24, 2.45) is 0 Å². The number of rotatable bonds is 40. The van der Waals surface area contributed by atoms with Crippen molar-refractivity contribution in [3.63, 3.8) is 0 Å². The minimum Gasteiger partial charge on any atom is -0.756 e. The maximum Gasteiger partial charge on any atom is 0.351 e. The highest BCUT2D eigenvalue weighted by Gasteiger charge is 2.45. The number of hydrogen-bond donors (Lipinski definition) is 3. The number of nitrogens with two attached hydrogens (primary N) is 1. The van der Waals surface area contributed by atoms with E-state index in [0.717, 1.165) is 62.1 Å². The van der Waals surface area contributed by atoms with Crippen molar-refractivity contribution in [1.82, 2.24) is 9.55 Å². The van der Waals surface area contributed by atoms with Gasteiger partial charge in [0.2, 0.25) is 0 Å². The highest BCUT2D eigenvalue weighted by molar-refractivity contribution is 7.59. The van der Waals surface area contributed by atoms with Crippen LogP contribution in [0.15, 0.2) is 65.7 Å². The molecule has 2 rings (SSSR count). The molecule has 0 aromatic carbocycles. The number of aliphatic hydroxyl groups excluding tert-OH is 2. The molecule has 18 nitrogen and oxygen atoms in total. The van der Waals surface area contributed by atoms with Crippen molar-refractivity contribution in [2.45, 2.75) is 199 Å². The Balaban J connectivity index is 1.84. The number of carbonyl (C=O) groups excluding carboxylic acids is 2. The Morgan fingerprint density at radius 1 is 0.721 bits per heavy atom. The van der Waals surface area contributed by atoms with E-state index in [0.29, 0.717) is 19.3 Å². The molecule has 4 N–H and O–H groups in total. The normalized spacial score (nSPS) is 19.9. The van der Waals surface area contributed by atoms with Crippen LogP contribution in [0.3, 0.4) is 0 Å². The van der Waals surface area contributed by atoms with Crippen LogP contribution in [0.1, 0.15) is 174 Å². The summed E-state index contributed by atoms with van der Waals surface area (Å²) in [5.41, 5.74) is 4.55. The zero-order valence-electron chi connectivity index (χ0n) is 40.3. The molecule has 2 unspecified atom stereocenters. The van der Waals surface area contributed by atoms with Gasteiger partial charge in [-0.3, -0.25) is 23.3 Å². The number of carbonyl (C=O) groups is 2. The Labute approximate surface area is 403 Å². The fourth-order valence-electron chi connectivity index (χ4n) is 7.06. The maximum atomic E-state index is 12.8. The fourth-order valence-corrected chi connectivity index (χ4v) is 9.09. The molecule has 0 bridgehead atoms. The van der Waals surface area contributed by atoms with Crippen LogP contribution in [0.2, 0.25) is 0 Å². The van der Waals surface area contributed by atoms with Gasteiger partial charge in [0, 0.05) is 19.0 Å². The lowest BCUT2D eigenvalue weighted by molar-refractivity contribution is -0.246. The highest BCUT2D eigenvalue weighted by atomic mass is 31.3. The van der Waals surface area contributed by atoms with Crippen LogP contribution < -0.4 is 21.2 Å². The zero-order chi connectivity index (χ0) is 49.9. The number of allylic oxidation sites excluding steroid dienone is 8. The van der Waals surface area contributed by atoms with E-state index < -0.39 is 83.7 Å². The number of phosphoric ester groups is 2. The summed E-state index contributed by atoms with van der Waals surface area (Å²) < 4.78 is 55.7. The topological polar surface area (TPSA) is 271 Å². The predicted molar refractivity (Wildman–Crippen MR) is 257 cm³/mol. The molecule has 1 aromatic heterocycles. The number of nitrogen functional groups attached to an aromatic ring is 1. The number of aliphatic hydroxyl groups is 2. The second-order valence-corrected chi connectivity index (χ2v) is 19.9. The van der Waals surface area contributed by atoms with Crippen LogP contribution in [0.4, 0.5) is 5.82 Å². The predicted octanol–water partition coefficient (Wildman–Crippen LogP) is 8.51. The Kier molecular flexibility index (Phi) is 32.8. The number of unbranched alkanes of at least 4 members (excludes halogenated alkanes) is 16. The molecule has 0 aliphatic carbocycles. The number of ether oxygens (including phenoxy) is 3. The molecule has 1 fully saturated rings. The van der Waals surface area contributed by atoms with E-state index in [2.05, 4.69) is 64.1 Å². The van der Waals surface area contributed by atoms with E-state index in [1.807, 2.05) is 12.2 Å². The van der Waals surface area contributed by atoms with Crippen LogP contribution in [0.25, 0.3) is 0 Å². The number of phosphoric acid groups is 2. The van der Waals surface area contributed by atoms with Crippen molar-refractivity contribution < 1.29 is 66.3 Å². The second kappa shape index (κ2) is 36.6. The Hall–Kier alpha value is -3.28. The maximum absolute atomic E-state index is 12.8. The first kappa shape index (κ1) is 60.8. The Morgan fingerprint density at radius 3 is 1.79 bits per heavy atom. The Bertz CT molecular complexity index is 1820. The minimum atomic E-state index is -5.74. The molecular weight excluding hydrogens is 920 g/mol. The lowest BCUT2D eigenvalue weighted by atomic mass is 10.0. The van der Waals surface area contributed by atoms with Crippen LogP contribution >= 0.6 is 15.6 Å². The van der Waals surface area contributed by atoms with Gasteiger partial charge in [0.15, 0.2) is 12.3 Å². The monoisotopic (exact) mass is 999 g/mol. The third-order valence-electron chi connectivity index (χ3n) is 10.9. The molecule has 0 spiro atoms. The van der Waals surface area contributed by atoms with Crippen molar-refractivity contribution in [3.05, 3.63) is 71.4 Å². The van der Waals surface area contributed by atoms with E-state index in [9.17, 15) is 43.5 Å². The standard InChI is InChI=1S/C48H81N3O15P2/c1-3-5-7-9-11-13-15-17-18-19-20-22-24-26-28-30-32-34-44(53)64-40(37-61-43(52)33-31-29-27-25-23-21-16-14-12-10-8-6-4-2)38-62-67(57,58)66-68(59,60)63-39-41-45(54)46(55)47(65-41)51-36-35-42(49)50-48(51)56/h11,13,17-18,20,22,26,28,35-36,40-41,45-47,54-55H,3-10,12,14-16,19,21,23-25,27,29-34,37-39H2,1-2H3,(H,57,58)(H,59,60)(H2,49,50,56)/p-2/b13-11-,18-17-,22-20-,28-26-/t40-,41-,45-,46-,47-/m1/s1. The van der Waals surface area contributed by atoms with Crippen molar-refractivity contribution in [1.29, 1.82) is 0 Å². The summed E-state index contributed by atoms with van der Waals surface area (Å²) >= 11 is 0. The van der Waals surface area contributed by atoms with Gasteiger partial charge in [-0.15, -0.1) is 0 Å². The van der Waals surface area contributed by atoms with Crippen LogP contribution in [0, 0.1) is 0 Å². The average Bonchev–Trinajstić information content (AvgIpc) is 3.57. The summed E-state index contributed by atoms with van der Waals surface area (Å²) in [5.74, 6) is -1.43. The molecule has 1 aliphatic rings.